The van der Waals surface area contributed by atoms with E-state index in [1.807, 2.05) is 6.07 Å². The van der Waals surface area contributed by atoms with Gasteiger partial charge >= 0.3 is 0 Å². The Bertz CT molecular complexity index is 1080. The summed E-state index contributed by atoms with van der Waals surface area (Å²) in [6.07, 6.45) is 1.24. The van der Waals surface area contributed by atoms with Crippen LogP contribution in [-0.4, -0.2) is 54.7 Å². The minimum atomic E-state index is -3.85. The number of amides is 1. The van der Waals surface area contributed by atoms with Gasteiger partial charge in [-0.1, -0.05) is 46.9 Å². The quantitative estimate of drug-likeness (QED) is 0.703. The van der Waals surface area contributed by atoms with Crippen LogP contribution in [0.25, 0.3) is 0 Å². The SMILES string of the molecule is N#Cc1ccccc1S(=O)(=O)N1CCN(C(=O)c2ncc(Cl)c(Cl)c2Cl)CC1. The number of hydrogen-bond acceptors (Lipinski definition) is 5. The summed E-state index contributed by atoms with van der Waals surface area (Å²) in [4.78, 5) is 18.0. The Morgan fingerprint density at radius 3 is 2.36 bits per heavy atom. The number of piperazine rings is 1. The molecule has 0 radical (unpaired) electrons. The lowest BCUT2D eigenvalue weighted by Gasteiger charge is -2.34. The second-order valence-corrected chi connectivity index (χ2v) is 8.96. The van der Waals surface area contributed by atoms with Crippen LogP contribution in [0, 0.1) is 11.3 Å². The Labute approximate surface area is 177 Å². The molecule has 1 saturated heterocycles. The monoisotopic (exact) mass is 458 g/mol. The Morgan fingerprint density at radius 2 is 1.71 bits per heavy atom. The second-order valence-electron chi connectivity index (χ2n) is 5.89. The van der Waals surface area contributed by atoms with Crippen molar-refractivity contribution < 1.29 is 13.2 Å². The third kappa shape index (κ3) is 3.81. The molecule has 11 heteroatoms. The van der Waals surface area contributed by atoms with Crippen LogP contribution in [0.3, 0.4) is 0 Å². The van der Waals surface area contributed by atoms with Gasteiger partial charge < -0.3 is 4.90 Å². The highest BCUT2D eigenvalue weighted by atomic mass is 35.5. The van der Waals surface area contributed by atoms with Crippen LogP contribution in [-0.2, 0) is 10.0 Å². The highest BCUT2D eigenvalue weighted by molar-refractivity contribution is 7.89. The summed E-state index contributed by atoms with van der Waals surface area (Å²) in [5, 5.41) is 9.29. The number of carbonyl (C=O) groups is 1. The summed E-state index contributed by atoms with van der Waals surface area (Å²) < 4.78 is 27.0. The van der Waals surface area contributed by atoms with Gasteiger partial charge in [0.15, 0.2) is 0 Å². The van der Waals surface area contributed by atoms with E-state index < -0.39 is 15.9 Å². The van der Waals surface area contributed by atoms with E-state index in [1.165, 1.54) is 27.5 Å². The standard InChI is InChI=1S/C17H13Cl3N4O3S/c18-12-10-22-16(15(20)14(12)19)17(25)23-5-7-24(8-6-23)28(26,27)13-4-2-1-3-11(13)9-21/h1-4,10H,5-8H2. The summed E-state index contributed by atoms with van der Waals surface area (Å²) in [5.74, 6) is -0.460. The fourth-order valence-electron chi connectivity index (χ4n) is 2.80. The molecule has 0 spiro atoms. The number of benzene rings is 1. The van der Waals surface area contributed by atoms with Crippen molar-refractivity contribution in [1.82, 2.24) is 14.2 Å². The molecule has 1 aromatic heterocycles. The summed E-state index contributed by atoms with van der Waals surface area (Å²) in [5.41, 5.74) is 0.0370. The molecule has 2 heterocycles. The third-order valence-corrected chi connectivity index (χ3v) is 7.47. The van der Waals surface area contributed by atoms with Gasteiger partial charge in [-0.25, -0.2) is 13.4 Å². The van der Waals surface area contributed by atoms with E-state index in [1.54, 1.807) is 12.1 Å². The molecule has 2 aromatic rings. The number of pyridine rings is 1. The number of rotatable bonds is 3. The molecule has 3 rings (SSSR count). The molecular formula is C17H13Cl3N4O3S. The molecule has 28 heavy (non-hydrogen) atoms. The lowest BCUT2D eigenvalue weighted by molar-refractivity contribution is 0.0692. The van der Waals surface area contributed by atoms with E-state index in [2.05, 4.69) is 4.98 Å². The highest BCUT2D eigenvalue weighted by Crippen LogP contribution is 2.32. The third-order valence-electron chi connectivity index (χ3n) is 4.27. The van der Waals surface area contributed by atoms with Crippen molar-refractivity contribution in [2.45, 2.75) is 4.90 Å². The van der Waals surface area contributed by atoms with Crippen LogP contribution in [0.5, 0.6) is 0 Å². The molecule has 1 aliphatic heterocycles. The fourth-order valence-corrected chi connectivity index (χ4v) is 4.92. The molecule has 0 unspecified atom stereocenters. The van der Waals surface area contributed by atoms with Crippen LogP contribution < -0.4 is 0 Å². The number of nitrogens with zero attached hydrogens (tertiary/aromatic N) is 4. The number of halogens is 3. The van der Waals surface area contributed by atoms with Gasteiger partial charge in [-0.15, -0.1) is 0 Å². The van der Waals surface area contributed by atoms with Crippen LogP contribution in [0.4, 0.5) is 0 Å². The maximum Gasteiger partial charge on any atom is 0.274 e. The Kier molecular flexibility index (Phi) is 6.12. The van der Waals surface area contributed by atoms with Crippen molar-refractivity contribution in [1.29, 1.82) is 5.26 Å². The van der Waals surface area contributed by atoms with Crippen molar-refractivity contribution in [2.24, 2.45) is 0 Å². The van der Waals surface area contributed by atoms with Crippen molar-refractivity contribution in [3.8, 4) is 6.07 Å². The molecule has 0 bridgehead atoms. The van der Waals surface area contributed by atoms with Crippen molar-refractivity contribution in [3.05, 3.63) is 56.8 Å². The zero-order valence-electron chi connectivity index (χ0n) is 14.3. The van der Waals surface area contributed by atoms with Gasteiger partial charge in [-0.3, -0.25) is 4.79 Å². The fraction of sp³-hybridized carbons (Fsp3) is 0.235. The van der Waals surface area contributed by atoms with Gasteiger partial charge in [0.1, 0.15) is 11.8 Å². The lowest BCUT2D eigenvalue weighted by Crippen LogP contribution is -2.50. The predicted molar refractivity (Wildman–Crippen MR) is 105 cm³/mol. The van der Waals surface area contributed by atoms with Crippen LogP contribution >= 0.6 is 34.8 Å². The van der Waals surface area contributed by atoms with E-state index >= 15 is 0 Å². The van der Waals surface area contributed by atoms with Crippen molar-refractivity contribution in [3.63, 3.8) is 0 Å². The first-order valence-electron chi connectivity index (χ1n) is 8.05. The number of sulfonamides is 1. The molecule has 1 aromatic carbocycles. The minimum absolute atomic E-state index is 0.0380. The number of nitriles is 1. The van der Waals surface area contributed by atoms with E-state index in [0.717, 1.165) is 0 Å². The first-order chi connectivity index (χ1) is 13.3. The minimum Gasteiger partial charge on any atom is -0.335 e. The van der Waals surface area contributed by atoms with Crippen molar-refractivity contribution in [2.75, 3.05) is 26.2 Å². The topological polar surface area (TPSA) is 94.4 Å². The molecule has 146 valence electrons. The van der Waals surface area contributed by atoms with E-state index in [9.17, 15) is 13.2 Å². The summed E-state index contributed by atoms with van der Waals surface area (Å²) in [6.45, 7) is 0.440. The van der Waals surface area contributed by atoms with Gasteiger partial charge in [0, 0.05) is 32.4 Å². The van der Waals surface area contributed by atoms with Gasteiger partial charge in [0.05, 0.1) is 25.5 Å². The Morgan fingerprint density at radius 1 is 1.07 bits per heavy atom. The molecule has 0 atom stereocenters. The highest BCUT2D eigenvalue weighted by Gasteiger charge is 2.33. The smallest absolute Gasteiger partial charge is 0.274 e. The van der Waals surface area contributed by atoms with Crippen LogP contribution in [0.15, 0.2) is 35.4 Å². The van der Waals surface area contributed by atoms with Crippen LogP contribution in [0.1, 0.15) is 16.1 Å². The average molecular weight is 460 g/mol. The zero-order valence-corrected chi connectivity index (χ0v) is 17.4. The maximum atomic E-state index is 12.9. The van der Waals surface area contributed by atoms with Gasteiger partial charge in [-0.2, -0.15) is 9.57 Å². The van der Waals surface area contributed by atoms with E-state index in [-0.39, 0.29) is 57.4 Å². The molecular weight excluding hydrogens is 447 g/mol. The van der Waals surface area contributed by atoms with Crippen molar-refractivity contribution >= 4 is 50.7 Å². The summed E-state index contributed by atoms with van der Waals surface area (Å²) >= 11 is 17.8. The number of carbonyl (C=O) groups excluding carboxylic acids is 1. The van der Waals surface area contributed by atoms with Gasteiger partial charge in [-0.05, 0) is 12.1 Å². The first-order valence-corrected chi connectivity index (χ1v) is 10.6. The number of hydrogen-bond donors (Lipinski definition) is 0. The van der Waals surface area contributed by atoms with Crippen LogP contribution in [0.2, 0.25) is 15.1 Å². The molecule has 0 saturated carbocycles. The first kappa shape index (κ1) is 20.8. The maximum absolute atomic E-state index is 12.9. The molecule has 0 aliphatic carbocycles. The molecule has 7 nitrogen and oxygen atoms in total. The summed E-state index contributed by atoms with van der Waals surface area (Å²) in [6, 6.07) is 7.89. The second kappa shape index (κ2) is 8.23. The number of aromatic nitrogens is 1. The molecule has 1 amide bonds. The summed E-state index contributed by atoms with van der Waals surface area (Å²) in [7, 11) is -3.85. The normalized spacial score (nSPS) is 15.3. The average Bonchev–Trinajstić information content (AvgIpc) is 2.71. The van der Waals surface area contributed by atoms with Gasteiger partial charge in [0.2, 0.25) is 10.0 Å². The van der Waals surface area contributed by atoms with E-state index in [0.29, 0.717) is 0 Å². The molecule has 1 fully saturated rings. The Hall–Kier alpha value is -1.89. The predicted octanol–water partition coefficient (Wildman–Crippen LogP) is 3.06. The zero-order chi connectivity index (χ0) is 20.5. The largest absolute Gasteiger partial charge is 0.335 e. The Balaban J connectivity index is 1.77. The molecule has 0 N–H and O–H groups in total. The van der Waals surface area contributed by atoms with E-state index in [4.69, 9.17) is 40.1 Å². The lowest BCUT2D eigenvalue weighted by atomic mass is 10.2. The van der Waals surface area contributed by atoms with Gasteiger partial charge in [0.25, 0.3) is 5.91 Å². The molecule has 1 aliphatic rings.